The topological polar surface area (TPSA) is 67.4 Å². The SMILES string of the molecule is COc1ccccc1NC(=S)N[C@@]1(C)CCS(=O)(=O)C1. The molecule has 110 valence electrons. The van der Waals surface area contributed by atoms with Gasteiger partial charge < -0.3 is 15.4 Å². The van der Waals surface area contributed by atoms with Gasteiger partial charge in [0.2, 0.25) is 0 Å². The number of anilines is 1. The maximum absolute atomic E-state index is 11.6. The molecule has 0 radical (unpaired) electrons. The van der Waals surface area contributed by atoms with E-state index in [9.17, 15) is 8.42 Å². The van der Waals surface area contributed by atoms with Gasteiger partial charge in [-0.3, -0.25) is 0 Å². The third-order valence-electron chi connectivity index (χ3n) is 3.27. The van der Waals surface area contributed by atoms with E-state index < -0.39 is 15.4 Å². The molecule has 20 heavy (non-hydrogen) atoms. The van der Waals surface area contributed by atoms with Crippen LogP contribution in [0.5, 0.6) is 5.75 Å². The molecule has 0 saturated carbocycles. The summed E-state index contributed by atoms with van der Waals surface area (Å²) in [6.45, 7) is 1.87. The van der Waals surface area contributed by atoms with Gasteiger partial charge in [0, 0.05) is 0 Å². The molecule has 0 spiro atoms. The summed E-state index contributed by atoms with van der Waals surface area (Å²) < 4.78 is 28.4. The van der Waals surface area contributed by atoms with Crippen LogP contribution in [-0.4, -0.2) is 37.7 Å². The lowest BCUT2D eigenvalue weighted by atomic mass is 10.0. The molecule has 0 bridgehead atoms. The second-order valence-electron chi connectivity index (χ2n) is 5.18. The van der Waals surface area contributed by atoms with Gasteiger partial charge in [0.15, 0.2) is 14.9 Å². The number of para-hydroxylation sites is 2. The molecule has 2 rings (SSSR count). The number of nitrogens with one attached hydrogen (secondary N) is 2. The Balaban J connectivity index is 2.03. The number of thiocarbonyl (C=S) groups is 1. The minimum Gasteiger partial charge on any atom is -0.495 e. The zero-order valence-corrected chi connectivity index (χ0v) is 13.1. The van der Waals surface area contributed by atoms with Gasteiger partial charge in [-0.05, 0) is 37.7 Å². The van der Waals surface area contributed by atoms with Gasteiger partial charge in [-0.25, -0.2) is 8.42 Å². The van der Waals surface area contributed by atoms with E-state index in [0.717, 1.165) is 5.69 Å². The highest BCUT2D eigenvalue weighted by atomic mass is 32.2. The summed E-state index contributed by atoms with van der Waals surface area (Å²) in [5, 5.41) is 6.53. The maximum Gasteiger partial charge on any atom is 0.171 e. The first-order valence-corrected chi connectivity index (χ1v) is 8.49. The number of ether oxygens (including phenoxy) is 1. The van der Waals surface area contributed by atoms with Crippen molar-refractivity contribution in [3.8, 4) is 5.75 Å². The molecule has 2 N–H and O–H groups in total. The molecular formula is C13H18N2O3S2. The smallest absolute Gasteiger partial charge is 0.171 e. The molecule has 1 aliphatic rings. The summed E-state index contributed by atoms with van der Waals surface area (Å²) in [5.41, 5.74) is 0.238. The minimum absolute atomic E-state index is 0.105. The first-order chi connectivity index (χ1) is 9.34. The van der Waals surface area contributed by atoms with Crippen molar-refractivity contribution in [2.75, 3.05) is 23.9 Å². The van der Waals surface area contributed by atoms with Gasteiger partial charge in [0.1, 0.15) is 5.75 Å². The molecule has 0 amide bonds. The molecule has 5 nitrogen and oxygen atoms in total. The minimum atomic E-state index is -2.96. The van der Waals surface area contributed by atoms with Crippen LogP contribution in [-0.2, 0) is 9.84 Å². The van der Waals surface area contributed by atoms with Crippen molar-refractivity contribution < 1.29 is 13.2 Å². The van der Waals surface area contributed by atoms with Gasteiger partial charge in [-0.2, -0.15) is 0 Å². The fraction of sp³-hybridized carbons (Fsp3) is 0.462. The van der Waals surface area contributed by atoms with E-state index in [1.165, 1.54) is 0 Å². The Morgan fingerprint density at radius 1 is 1.40 bits per heavy atom. The van der Waals surface area contributed by atoms with Crippen LogP contribution < -0.4 is 15.4 Å². The van der Waals surface area contributed by atoms with Crippen molar-refractivity contribution in [1.82, 2.24) is 5.32 Å². The molecule has 1 aromatic rings. The Morgan fingerprint density at radius 2 is 2.10 bits per heavy atom. The van der Waals surface area contributed by atoms with E-state index in [4.69, 9.17) is 17.0 Å². The predicted molar refractivity (Wildman–Crippen MR) is 84.0 cm³/mol. The molecule has 7 heteroatoms. The zero-order chi connectivity index (χ0) is 14.8. The van der Waals surface area contributed by atoms with Crippen molar-refractivity contribution in [2.24, 2.45) is 0 Å². The van der Waals surface area contributed by atoms with Crippen LogP contribution in [0.2, 0.25) is 0 Å². The average Bonchev–Trinajstić information content (AvgIpc) is 2.63. The molecule has 1 heterocycles. The number of rotatable bonds is 3. The summed E-state index contributed by atoms with van der Waals surface area (Å²) in [4.78, 5) is 0. The van der Waals surface area contributed by atoms with Crippen molar-refractivity contribution in [2.45, 2.75) is 18.9 Å². The Hall–Kier alpha value is -1.34. The fourth-order valence-corrected chi connectivity index (χ4v) is 4.73. The Bertz CT molecular complexity index is 616. The van der Waals surface area contributed by atoms with Crippen molar-refractivity contribution in [1.29, 1.82) is 0 Å². The summed E-state index contributed by atoms with van der Waals surface area (Å²) in [6, 6.07) is 7.41. The third kappa shape index (κ3) is 3.61. The van der Waals surface area contributed by atoms with Gasteiger partial charge in [0.25, 0.3) is 0 Å². The molecule has 0 aliphatic carbocycles. The lowest BCUT2D eigenvalue weighted by molar-refractivity contribution is 0.416. The normalized spacial score (nSPS) is 24.1. The number of sulfone groups is 1. The molecule has 1 fully saturated rings. The van der Waals surface area contributed by atoms with Crippen LogP contribution in [0, 0.1) is 0 Å². The molecule has 0 aromatic heterocycles. The quantitative estimate of drug-likeness (QED) is 0.825. The molecule has 1 atom stereocenters. The first-order valence-electron chi connectivity index (χ1n) is 6.26. The monoisotopic (exact) mass is 314 g/mol. The summed E-state index contributed by atoms with van der Waals surface area (Å²) >= 11 is 5.25. The van der Waals surface area contributed by atoms with Crippen molar-refractivity contribution in [3.63, 3.8) is 0 Å². The molecule has 0 unspecified atom stereocenters. The van der Waals surface area contributed by atoms with E-state index in [0.29, 0.717) is 17.3 Å². The second kappa shape index (κ2) is 5.57. The van der Waals surface area contributed by atoms with E-state index >= 15 is 0 Å². The van der Waals surface area contributed by atoms with Gasteiger partial charge in [0.05, 0.1) is 29.8 Å². The lowest BCUT2D eigenvalue weighted by Crippen LogP contribution is -2.48. The second-order valence-corrected chi connectivity index (χ2v) is 7.77. The summed E-state index contributed by atoms with van der Waals surface area (Å²) in [7, 11) is -1.37. The molecule has 1 saturated heterocycles. The van der Waals surface area contributed by atoms with E-state index in [-0.39, 0.29) is 11.5 Å². The van der Waals surface area contributed by atoms with Gasteiger partial charge in [-0.15, -0.1) is 0 Å². The lowest BCUT2D eigenvalue weighted by Gasteiger charge is -2.26. The molecule has 1 aliphatic heterocycles. The molecular weight excluding hydrogens is 296 g/mol. The largest absolute Gasteiger partial charge is 0.495 e. The van der Waals surface area contributed by atoms with Crippen LogP contribution in [0.4, 0.5) is 5.69 Å². The van der Waals surface area contributed by atoms with E-state index in [1.54, 1.807) is 7.11 Å². The van der Waals surface area contributed by atoms with Crippen LogP contribution in [0.1, 0.15) is 13.3 Å². The van der Waals surface area contributed by atoms with Crippen LogP contribution >= 0.6 is 12.2 Å². The zero-order valence-electron chi connectivity index (χ0n) is 11.5. The van der Waals surface area contributed by atoms with Gasteiger partial charge in [-0.1, -0.05) is 12.1 Å². The standard InChI is InChI=1S/C13H18N2O3S2/c1-13(7-8-20(16,17)9-13)15-12(19)14-10-5-3-4-6-11(10)18-2/h3-6H,7-9H2,1-2H3,(H2,14,15,19)/t13-/m0/s1. The average molecular weight is 314 g/mol. The Labute approximate surface area is 124 Å². The van der Waals surface area contributed by atoms with Crippen molar-refractivity contribution >= 4 is 32.9 Å². The number of methoxy groups -OCH3 is 1. The number of hydrogen-bond donors (Lipinski definition) is 2. The highest BCUT2D eigenvalue weighted by molar-refractivity contribution is 7.91. The van der Waals surface area contributed by atoms with Crippen LogP contribution in [0.25, 0.3) is 0 Å². The highest BCUT2D eigenvalue weighted by Gasteiger charge is 2.38. The highest BCUT2D eigenvalue weighted by Crippen LogP contribution is 2.25. The fourth-order valence-electron chi connectivity index (χ4n) is 2.28. The first kappa shape index (κ1) is 15.1. The van der Waals surface area contributed by atoms with Crippen LogP contribution in [0.3, 0.4) is 0 Å². The maximum atomic E-state index is 11.6. The predicted octanol–water partition coefficient (Wildman–Crippen LogP) is 1.56. The molecule has 1 aromatic carbocycles. The number of benzene rings is 1. The van der Waals surface area contributed by atoms with E-state index in [2.05, 4.69) is 10.6 Å². The number of hydrogen-bond acceptors (Lipinski definition) is 4. The van der Waals surface area contributed by atoms with Crippen LogP contribution in [0.15, 0.2) is 24.3 Å². The van der Waals surface area contributed by atoms with Gasteiger partial charge >= 0.3 is 0 Å². The Morgan fingerprint density at radius 3 is 2.70 bits per heavy atom. The third-order valence-corrected chi connectivity index (χ3v) is 5.38. The summed E-state index contributed by atoms with van der Waals surface area (Å²) in [5.74, 6) is 0.988. The Kier molecular flexibility index (Phi) is 4.19. The van der Waals surface area contributed by atoms with Crippen molar-refractivity contribution in [3.05, 3.63) is 24.3 Å². The van der Waals surface area contributed by atoms with E-state index in [1.807, 2.05) is 31.2 Å². The summed E-state index contributed by atoms with van der Waals surface area (Å²) in [6.07, 6.45) is 0.559.